The summed E-state index contributed by atoms with van der Waals surface area (Å²) in [7, 11) is -3.54. The highest BCUT2D eigenvalue weighted by Gasteiger charge is 2.41. The molecule has 33 heavy (non-hydrogen) atoms. The van der Waals surface area contributed by atoms with Gasteiger partial charge < -0.3 is 4.90 Å². The second-order valence-corrected chi connectivity index (χ2v) is 11.6. The van der Waals surface area contributed by atoms with Crippen molar-refractivity contribution >= 4 is 39.1 Å². The van der Waals surface area contributed by atoms with Gasteiger partial charge in [-0.1, -0.05) is 6.07 Å². The van der Waals surface area contributed by atoms with E-state index >= 15 is 0 Å². The van der Waals surface area contributed by atoms with Crippen LogP contribution in [-0.2, 0) is 26.2 Å². The average Bonchev–Trinajstić information content (AvgIpc) is 3.43. The summed E-state index contributed by atoms with van der Waals surface area (Å²) in [6, 6.07) is 5.14. The molecule has 3 aliphatic rings. The lowest BCUT2D eigenvalue weighted by molar-refractivity contribution is -0.136. The van der Waals surface area contributed by atoms with E-state index in [1.165, 1.54) is 32.7 Å². The van der Waals surface area contributed by atoms with E-state index in [-0.39, 0.29) is 36.8 Å². The van der Waals surface area contributed by atoms with Gasteiger partial charge in [0, 0.05) is 31.6 Å². The normalized spacial score (nSPS) is 22.5. The number of carbonyl (C=O) groups excluding carboxylic acids is 3. The topological polar surface area (TPSA) is 104 Å². The number of hydrogen-bond acceptors (Lipinski definition) is 6. The number of rotatable bonds is 4. The van der Waals surface area contributed by atoms with E-state index in [1.807, 2.05) is 0 Å². The van der Waals surface area contributed by atoms with Gasteiger partial charge in [-0.3, -0.25) is 19.7 Å². The summed E-state index contributed by atoms with van der Waals surface area (Å²) in [5.74, 6) is -1.93. The molecule has 11 heteroatoms. The Morgan fingerprint density at radius 3 is 2.52 bits per heavy atom. The summed E-state index contributed by atoms with van der Waals surface area (Å²) in [6.07, 6.45) is 1.40. The highest BCUT2D eigenvalue weighted by Crippen LogP contribution is 2.38. The molecule has 1 N–H and O–H groups in total. The van der Waals surface area contributed by atoms with Crippen LogP contribution in [0.2, 0.25) is 0 Å². The van der Waals surface area contributed by atoms with Gasteiger partial charge in [0.25, 0.3) is 15.9 Å². The van der Waals surface area contributed by atoms with Crippen LogP contribution in [0.15, 0.2) is 33.9 Å². The van der Waals surface area contributed by atoms with Crippen molar-refractivity contribution in [2.24, 2.45) is 0 Å². The van der Waals surface area contributed by atoms with Gasteiger partial charge in [-0.05, 0) is 59.9 Å². The zero-order valence-electron chi connectivity index (χ0n) is 17.6. The predicted octanol–water partition coefficient (Wildman–Crippen LogP) is 2.22. The zero-order chi connectivity index (χ0) is 23.3. The molecule has 0 bridgehead atoms. The molecule has 3 amide bonds. The molecule has 2 aromatic rings. The summed E-state index contributed by atoms with van der Waals surface area (Å²) < 4.78 is 41.9. The van der Waals surface area contributed by atoms with Crippen LogP contribution < -0.4 is 5.32 Å². The lowest BCUT2D eigenvalue weighted by atomic mass is 9.86. The summed E-state index contributed by atoms with van der Waals surface area (Å²) in [5, 5.41) is 3.99. The lowest BCUT2D eigenvalue weighted by Gasteiger charge is -2.32. The van der Waals surface area contributed by atoms with E-state index in [0.717, 1.165) is 0 Å². The van der Waals surface area contributed by atoms with Crippen LogP contribution in [0.25, 0.3) is 0 Å². The van der Waals surface area contributed by atoms with Crippen molar-refractivity contribution in [3.8, 4) is 0 Å². The third-order valence-corrected chi connectivity index (χ3v) is 9.91. The fourth-order valence-corrected chi connectivity index (χ4v) is 7.58. The van der Waals surface area contributed by atoms with Gasteiger partial charge in [-0.15, -0.1) is 11.3 Å². The van der Waals surface area contributed by atoms with Crippen molar-refractivity contribution in [2.45, 2.75) is 48.4 Å². The Kier molecular flexibility index (Phi) is 5.58. The molecule has 174 valence electrons. The Morgan fingerprint density at radius 2 is 1.85 bits per heavy atom. The summed E-state index contributed by atoms with van der Waals surface area (Å²) in [5.41, 5.74) is 1.62. The van der Waals surface area contributed by atoms with Crippen molar-refractivity contribution in [1.29, 1.82) is 0 Å². The lowest BCUT2D eigenvalue weighted by Crippen LogP contribution is -2.52. The second kappa shape index (κ2) is 8.30. The first kappa shape index (κ1) is 22.2. The number of nitrogens with zero attached hydrogens (tertiary/aromatic N) is 2. The van der Waals surface area contributed by atoms with Gasteiger partial charge in [0.2, 0.25) is 11.8 Å². The fraction of sp³-hybridized carbons (Fsp3) is 0.409. The Hall–Kier alpha value is -2.63. The Balaban J connectivity index is 1.37. The standard InChI is InChI=1S/C22H22FN3O5S2/c23-14-10-15(13-5-7-25(8-6-13)33(30,31)20-2-1-9-32-20)17-12-26(22(29)16(17)11-14)18-3-4-19(27)24-21(18)28/h1-2,9-11,13,18H,3-8,12H2,(H,24,27,28). The molecular formula is C22H22FN3O5S2. The first-order valence-electron chi connectivity index (χ1n) is 10.8. The third-order valence-electron chi connectivity index (χ3n) is 6.64. The summed E-state index contributed by atoms with van der Waals surface area (Å²) in [4.78, 5) is 38.2. The highest BCUT2D eigenvalue weighted by molar-refractivity contribution is 7.91. The molecule has 1 unspecified atom stereocenters. The number of halogens is 1. The zero-order valence-corrected chi connectivity index (χ0v) is 19.3. The molecule has 1 aromatic carbocycles. The number of benzene rings is 1. The van der Waals surface area contributed by atoms with Crippen LogP contribution in [0, 0.1) is 5.82 Å². The van der Waals surface area contributed by atoms with Crippen LogP contribution >= 0.6 is 11.3 Å². The molecule has 0 saturated carbocycles. The smallest absolute Gasteiger partial charge is 0.255 e. The van der Waals surface area contributed by atoms with Crippen molar-refractivity contribution in [3.05, 3.63) is 52.2 Å². The number of hydrogen-bond donors (Lipinski definition) is 1. The minimum Gasteiger partial charge on any atom is -0.322 e. The van der Waals surface area contributed by atoms with E-state index in [4.69, 9.17) is 0 Å². The molecule has 1 aromatic heterocycles. The number of sulfonamides is 1. The quantitative estimate of drug-likeness (QED) is 0.661. The number of fused-ring (bicyclic) bond motifs is 1. The van der Waals surface area contributed by atoms with Crippen LogP contribution in [0.3, 0.4) is 0 Å². The van der Waals surface area contributed by atoms with Gasteiger partial charge in [-0.25, -0.2) is 12.8 Å². The van der Waals surface area contributed by atoms with Crippen LogP contribution in [-0.4, -0.2) is 54.5 Å². The summed E-state index contributed by atoms with van der Waals surface area (Å²) in [6.45, 7) is 0.783. The molecule has 0 spiro atoms. The number of piperidine rings is 2. The van der Waals surface area contributed by atoms with E-state index < -0.39 is 33.7 Å². The molecule has 0 aliphatic carbocycles. The molecule has 5 rings (SSSR count). The molecule has 1 atom stereocenters. The Labute approximate surface area is 194 Å². The van der Waals surface area contributed by atoms with Gasteiger partial charge in [0.1, 0.15) is 16.1 Å². The van der Waals surface area contributed by atoms with Gasteiger partial charge >= 0.3 is 0 Å². The van der Waals surface area contributed by atoms with Crippen molar-refractivity contribution in [1.82, 2.24) is 14.5 Å². The molecule has 0 radical (unpaired) electrons. The minimum atomic E-state index is -3.54. The first-order valence-corrected chi connectivity index (χ1v) is 13.1. The minimum absolute atomic E-state index is 0.0984. The van der Waals surface area contributed by atoms with Crippen molar-refractivity contribution in [2.75, 3.05) is 13.1 Å². The number of amides is 3. The number of carbonyl (C=O) groups is 3. The summed E-state index contributed by atoms with van der Waals surface area (Å²) >= 11 is 1.18. The number of nitrogens with one attached hydrogen (secondary N) is 1. The van der Waals surface area contributed by atoms with Gasteiger partial charge in [-0.2, -0.15) is 4.31 Å². The molecule has 2 fully saturated rings. The SMILES string of the molecule is O=C1CCC(N2Cc3c(cc(F)cc3C3CCN(S(=O)(=O)c4cccs4)CC3)C2=O)C(=O)N1. The maximum atomic E-state index is 14.5. The van der Waals surface area contributed by atoms with E-state index in [9.17, 15) is 27.2 Å². The third kappa shape index (κ3) is 3.87. The molecule has 3 aliphatic heterocycles. The first-order chi connectivity index (χ1) is 15.8. The van der Waals surface area contributed by atoms with Crippen molar-refractivity contribution < 1.29 is 27.2 Å². The highest BCUT2D eigenvalue weighted by atomic mass is 32.2. The van der Waals surface area contributed by atoms with E-state index in [1.54, 1.807) is 17.5 Å². The van der Waals surface area contributed by atoms with E-state index in [2.05, 4.69) is 5.32 Å². The van der Waals surface area contributed by atoms with Crippen molar-refractivity contribution in [3.63, 3.8) is 0 Å². The second-order valence-electron chi connectivity index (χ2n) is 8.53. The maximum absolute atomic E-state index is 14.5. The van der Waals surface area contributed by atoms with Crippen LogP contribution in [0.5, 0.6) is 0 Å². The fourth-order valence-electron chi connectivity index (χ4n) is 4.96. The number of imide groups is 1. The Morgan fingerprint density at radius 1 is 1.09 bits per heavy atom. The van der Waals surface area contributed by atoms with Gasteiger partial charge in [0.15, 0.2) is 0 Å². The van der Waals surface area contributed by atoms with E-state index in [0.29, 0.717) is 41.3 Å². The van der Waals surface area contributed by atoms with Crippen LogP contribution in [0.1, 0.15) is 53.1 Å². The largest absolute Gasteiger partial charge is 0.322 e. The predicted molar refractivity (Wildman–Crippen MR) is 117 cm³/mol. The number of thiophene rings is 1. The Bertz CT molecular complexity index is 1240. The van der Waals surface area contributed by atoms with Crippen LogP contribution in [0.4, 0.5) is 4.39 Å². The van der Waals surface area contributed by atoms with Gasteiger partial charge in [0.05, 0.1) is 0 Å². The monoisotopic (exact) mass is 491 g/mol. The molecule has 4 heterocycles. The molecular weight excluding hydrogens is 469 g/mol. The average molecular weight is 492 g/mol. The molecule has 8 nitrogen and oxygen atoms in total. The maximum Gasteiger partial charge on any atom is 0.255 e. The molecule has 2 saturated heterocycles.